The smallest absolute Gasteiger partial charge is 0.255 e. The Morgan fingerprint density at radius 2 is 2.25 bits per heavy atom. The summed E-state index contributed by atoms with van der Waals surface area (Å²) in [5, 5.41) is 0. The van der Waals surface area contributed by atoms with Gasteiger partial charge in [-0.3, -0.25) is 9.59 Å². The molecule has 1 fully saturated rings. The predicted molar refractivity (Wildman–Crippen MR) is 60.2 cm³/mol. The lowest BCUT2D eigenvalue weighted by atomic mass is 9.88. The monoisotopic (exact) mass is 221 g/mol. The second-order valence-corrected chi connectivity index (χ2v) is 4.32. The number of H-pyrrole nitrogens is 1. The molecule has 0 radical (unpaired) electrons. The Balaban J connectivity index is 2.05. The Labute approximate surface area is 93.3 Å². The average Bonchev–Trinajstić information content (AvgIpc) is 2.25. The van der Waals surface area contributed by atoms with E-state index in [0.29, 0.717) is 18.7 Å². The number of aromatic nitrogens is 1. The molecule has 86 valence electrons. The first-order valence-electron chi connectivity index (χ1n) is 5.31. The van der Waals surface area contributed by atoms with E-state index in [1.165, 1.54) is 18.3 Å². The van der Waals surface area contributed by atoms with Crippen LogP contribution >= 0.6 is 0 Å². The van der Waals surface area contributed by atoms with Crippen LogP contribution in [0.15, 0.2) is 23.1 Å². The standard InChI is InChI=1S/C11H15N3O2/c1-2-11(12)6-14(7-11)10(16)8-3-4-9(15)13-5-8/h3-5H,2,6-7,12H2,1H3,(H,13,15). The molecule has 2 rings (SSSR count). The van der Waals surface area contributed by atoms with Crippen molar-refractivity contribution in [2.45, 2.75) is 18.9 Å². The summed E-state index contributed by atoms with van der Waals surface area (Å²) in [6, 6.07) is 2.88. The summed E-state index contributed by atoms with van der Waals surface area (Å²) < 4.78 is 0. The maximum absolute atomic E-state index is 11.9. The molecule has 2 heterocycles. The number of hydrogen-bond acceptors (Lipinski definition) is 3. The number of aromatic amines is 1. The molecule has 0 bridgehead atoms. The number of likely N-dealkylation sites (tertiary alicyclic amines) is 1. The van der Waals surface area contributed by atoms with Crippen LogP contribution < -0.4 is 11.3 Å². The van der Waals surface area contributed by atoms with E-state index in [1.54, 1.807) is 4.90 Å². The van der Waals surface area contributed by atoms with Gasteiger partial charge in [0.25, 0.3) is 5.91 Å². The Bertz CT molecular complexity index is 440. The Kier molecular flexibility index (Phi) is 2.55. The molecule has 1 aliphatic rings. The summed E-state index contributed by atoms with van der Waals surface area (Å²) in [5.74, 6) is -0.0780. The normalized spacial score (nSPS) is 18.0. The lowest BCUT2D eigenvalue weighted by Gasteiger charge is -2.47. The van der Waals surface area contributed by atoms with Gasteiger partial charge in [-0.15, -0.1) is 0 Å². The zero-order chi connectivity index (χ0) is 11.8. The lowest BCUT2D eigenvalue weighted by molar-refractivity contribution is 0.0401. The van der Waals surface area contributed by atoms with Gasteiger partial charge in [0.1, 0.15) is 0 Å². The molecule has 0 saturated carbocycles. The van der Waals surface area contributed by atoms with Crippen LogP contribution in [-0.2, 0) is 0 Å². The molecule has 1 amide bonds. The van der Waals surface area contributed by atoms with E-state index in [0.717, 1.165) is 6.42 Å². The van der Waals surface area contributed by atoms with E-state index < -0.39 is 0 Å². The summed E-state index contributed by atoms with van der Waals surface area (Å²) in [7, 11) is 0. The number of carbonyl (C=O) groups excluding carboxylic acids is 1. The van der Waals surface area contributed by atoms with E-state index in [4.69, 9.17) is 5.73 Å². The minimum absolute atomic E-state index is 0.0780. The zero-order valence-electron chi connectivity index (χ0n) is 9.19. The maximum atomic E-state index is 11.9. The Hall–Kier alpha value is -1.62. The Morgan fingerprint density at radius 1 is 1.56 bits per heavy atom. The quantitative estimate of drug-likeness (QED) is 0.734. The van der Waals surface area contributed by atoms with Crippen molar-refractivity contribution in [1.29, 1.82) is 0 Å². The van der Waals surface area contributed by atoms with Crippen LogP contribution in [0.3, 0.4) is 0 Å². The number of amides is 1. The molecule has 1 aromatic rings. The molecule has 0 aliphatic carbocycles. The van der Waals surface area contributed by atoms with E-state index >= 15 is 0 Å². The van der Waals surface area contributed by atoms with Crippen LogP contribution in [0.2, 0.25) is 0 Å². The third-order valence-corrected chi connectivity index (χ3v) is 3.03. The molecule has 5 nitrogen and oxygen atoms in total. The van der Waals surface area contributed by atoms with Crippen LogP contribution in [0.1, 0.15) is 23.7 Å². The number of nitrogens with two attached hydrogens (primary N) is 1. The van der Waals surface area contributed by atoms with Crippen molar-refractivity contribution >= 4 is 5.91 Å². The highest BCUT2D eigenvalue weighted by Gasteiger charge is 2.40. The van der Waals surface area contributed by atoms with Gasteiger partial charge in [0.15, 0.2) is 0 Å². The molecule has 16 heavy (non-hydrogen) atoms. The van der Waals surface area contributed by atoms with Crippen LogP contribution in [0, 0.1) is 0 Å². The first kappa shape index (κ1) is 10.9. The molecule has 1 aliphatic heterocycles. The Morgan fingerprint density at radius 3 is 2.75 bits per heavy atom. The third-order valence-electron chi connectivity index (χ3n) is 3.03. The van der Waals surface area contributed by atoms with Crippen LogP contribution in [0.5, 0.6) is 0 Å². The van der Waals surface area contributed by atoms with E-state index in [2.05, 4.69) is 4.98 Å². The number of nitrogens with zero attached hydrogens (tertiary/aromatic N) is 1. The topological polar surface area (TPSA) is 79.2 Å². The molecule has 3 N–H and O–H groups in total. The summed E-state index contributed by atoms with van der Waals surface area (Å²) in [6.45, 7) is 3.19. The average molecular weight is 221 g/mol. The highest BCUT2D eigenvalue weighted by atomic mass is 16.2. The van der Waals surface area contributed by atoms with Crippen molar-refractivity contribution in [2.24, 2.45) is 5.73 Å². The van der Waals surface area contributed by atoms with Gasteiger partial charge in [-0.05, 0) is 12.5 Å². The molecule has 1 aromatic heterocycles. The molecule has 0 unspecified atom stereocenters. The highest BCUT2D eigenvalue weighted by molar-refractivity contribution is 5.94. The first-order chi connectivity index (χ1) is 7.54. The second-order valence-electron chi connectivity index (χ2n) is 4.32. The highest BCUT2D eigenvalue weighted by Crippen LogP contribution is 2.22. The van der Waals surface area contributed by atoms with Gasteiger partial charge in [0.05, 0.1) is 11.1 Å². The lowest BCUT2D eigenvalue weighted by Crippen LogP contribution is -2.68. The van der Waals surface area contributed by atoms with Gasteiger partial charge in [-0.25, -0.2) is 0 Å². The largest absolute Gasteiger partial charge is 0.335 e. The minimum Gasteiger partial charge on any atom is -0.335 e. The van der Waals surface area contributed by atoms with Crippen molar-refractivity contribution < 1.29 is 4.79 Å². The van der Waals surface area contributed by atoms with E-state index in [-0.39, 0.29) is 17.0 Å². The van der Waals surface area contributed by atoms with Crippen LogP contribution in [-0.4, -0.2) is 34.4 Å². The fraction of sp³-hybridized carbons (Fsp3) is 0.455. The molecule has 5 heteroatoms. The minimum atomic E-state index is -0.224. The first-order valence-corrected chi connectivity index (χ1v) is 5.31. The molecule has 0 aromatic carbocycles. The molecule has 0 spiro atoms. The summed E-state index contributed by atoms with van der Waals surface area (Å²) in [4.78, 5) is 26.9. The van der Waals surface area contributed by atoms with Crippen molar-refractivity contribution in [1.82, 2.24) is 9.88 Å². The van der Waals surface area contributed by atoms with Crippen LogP contribution in [0.4, 0.5) is 0 Å². The summed E-state index contributed by atoms with van der Waals surface area (Å²) >= 11 is 0. The van der Waals surface area contributed by atoms with Crippen molar-refractivity contribution in [3.63, 3.8) is 0 Å². The number of rotatable bonds is 2. The SMILES string of the molecule is CCC1(N)CN(C(=O)c2ccc(=O)[nH]c2)C1. The second kappa shape index (κ2) is 3.75. The van der Waals surface area contributed by atoms with Gasteiger partial charge < -0.3 is 15.6 Å². The van der Waals surface area contributed by atoms with Gasteiger partial charge in [0.2, 0.25) is 5.56 Å². The van der Waals surface area contributed by atoms with Gasteiger partial charge in [-0.1, -0.05) is 6.92 Å². The van der Waals surface area contributed by atoms with Gasteiger partial charge in [-0.2, -0.15) is 0 Å². The van der Waals surface area contributed by atoms with Gasteiger partial charge in [0, 0.05) is 25.4 Å². The number of nitrogens with one attached hydrogen (secondary N) is 1. The van der Waals surface area contributed by atoms with Crippen molar-refractivity contribution in [3.8, 4) is 0 Å². The van der Waals surface area contributed by atoms with Crippen molar-refractivity contribution in [3.05, 3.63) is 34.2 Å². The zero-order valence-corrected chi connectivity index (χ0v) is 9.19. The van der Waals surface area contributed by atoms with Crippen molar-refractivity contribution in [2.75, 3.05) is 13.1 Å². The number of hydrogen-bond donors (Lipinski definition) is 2. The van der Waals surface area contributed by atoms with E-state index in [9.17, 15) is 9.59 Å². The molecule has 0 atom stereocenters. The van der Waals surface area contributed by atoms with Gasteiger partial charge >= 0.3 is 0 Å². The van der Waals surface area contributed by atoms with Crippen LogP contribution in [0.25, 0.3) is 0 Å². The molecule has 1 saturated heterocycles. The molecular formula is C11H15N3O2. The summed E-state index contributed by atoms with van der Waals surface area (Å²) in [6.07, 6.45) is 2.30. The third kappa shape index (κ3) is 1.86. The number of carbonyl (C=O) groups is 1. The number of pyridine rings is 1. The molecular weight excluding hydrogens is 206 g/mol. The fourth-order valence-electron chi connectivity index (χ4n) is 1.81. The summed E-state index contributed by atoms with van der Waals surface area (Å²) in [5.41, 5.74) is 6.05. The maximum Gasteiger partial charge on any atom is 0.255 e. The predicted octanol–water partition coefficient (Wildman–Crippen LogP) is -0.0618. The fourth-order valence-corrected chi connectivity index (χ4v) is 1.81. The van der Waals surface area contributed by atoms with E-state index in [1.807, 2.05) is 6.92 Å².